The van der Waals surface area contributed by atoms with Crippen LogP contribution in [0.4, 0.5) is 4.79 Å². The standard InChI is InChI=1S/C16H25N3O2/c1-12(19(2)14-8-9-14)10-17-16(20)18-11-13-6-4-5-7-15(13)21-3/h4-7,12,14H,8-11H2,1-3H3,(H2,17,18,20)/t12-/m0/s1. The fourth-order valence-electron chi connectivity index (χ4n) is 2.31. The Morgan fingerprint density at radius 1 is 1.38 bits per heavy atom. The highest BCUT2D eigenvalue weighted by Crippen LogP contribution is 2.26. The van der Waals surface area contributed by atoms with Crippen LogP contribution >= 0.6 is 0 Å². The summed E-state index contributed by atoms with van der Waals surface area (Å²) in [7, 11) is 3.76. The maximum Gasteiger partial charge on any atom is 0.315 e. The molecule has 0 saturated heterocycles. The zero-order chi connectivity index (χ0) is 15.2. The van der Waals surface area contributed by atoms with Crippen molar-refractivity contribution in [3.05, 3.63) is 29.8 Å². The van der Waals surface area contributed by atoms with Gasteiger partial charge in [-0.1, -0.05) is 18.2 Å². The first kappa shape index (κ1) is 15.6. The van der Waals surface area contributed by atoms with Crippen LogP contribution in [0.15, 0.2) is 24.3 Å². The highest BCUT2D eigenvalue weighted by Gasteiger charge is 2.29. The van der Waals surface area contributed by atoms with Crippen LogP contribution in [0.3, 0.4) is 0 Å². The average Bonchev–Trinajstić information content (AvgIpc) is 3.34. The van der Waals surface area contributed by atoms with E-state index in [2.05, 4.69) is 29.5 Å². The van der Waals surface area contributed by atoms with Crippen LogP contribution < -0.4 is 15.4 Å². The molecule has 0 aliphatic heterocycles. The van der Waals surface area contributed by atoms with E-state index in [1.165, 1.54) is 12.8 Å². The van der Waals surface area contributed by atoms with E-state index in [9.17, 15) is 4.79 Å². The third kappa shape index (κ3) is 4.63. The minimum Gasteiger partial charge on any atom is -0.496 e. The summed E-state index contributed by atoms with van der Waals surface area (Å²) in [6.07, 6.45) is 2.56. The van der Waals surface area contributed by atoms with Crippen molar-refractivity contribution in [1.29, 1.82) is 0 Å². The Bertz CT molecular complexity index is 474. The topological polar surface area (TPSA) is 53.6 Å². The molecule has 1 fully saturated rings. The number of benzene rings is 1. The van der Waals surface area contributed by atoms with Crippen LogP contribution in [0.25, 0.3) is 0 Å². The second kappa shape index (κ2) is 7.31. The minimum absolute atomic E-state index is 0.142. The van der Waals surface area contributed by atoms with Crippen molar-refractivity contribution < 1.29 is 9.53 Å². The number of hydrogen-bond acceptors (Lipinski definition) is 3. The lowest BCUT2D eigenvalue weighted by atomic mass is 10.2. The van der Waals surface area contributed by atoms with Crippen molar-refractivity contribution in [1.82, 2.24) is 15.5 Å². The Kier molecular flexibility index (Phi) is 5.44. The molecule has 1 aliphatic carbocycles. The van der Waals surface area contributed by atoms with E-state index < -0.39 is 0 Å². The molecule has 1 saturated carbocycles. The number of likely N-dealkylation sites (N-methyl/N-ethyl adjacent to an activating group) is 1. The van der Waals surface area contributed by atoms with Gasteiger partial charge in [-0.3, -0.25) is 4.90 Å². The van der Waals surface area contributed by atoms with Gasteiger partial charge in [0.05, 0.1) is 7.11 Å². The van der Waals surface area contributed by atoms with Crippen molar-refractivity contribution in [3.63, 3.8) is 0 Å². The molecule has 5 heteroatoms. The van der Waals surface area contributed by atoms with E-state index >= 15 is 0 Å². The number of nitrogens with one attached hydrogen (secondary N) is 2. The lowest BCUT2D eigenvalue weighted by molar-refractivity contribution is 0.222. The van der Waals surface area contributed by atoms with Crippen molar-refractivity contribution >= 4 is 6.03 Å². The summed E-state index contributed by atoms with van der Waals surface area (Å²) >= 11 is 0. The van der Waals surface area contributed by atoms with E-state index in [4.69, 9.17) is 4.74 Å². The Balaban J connectivity index is 1.72. The second-order valence-corrected chi connectivity index (χ2v) is 5.62. The summed E-state index contributed by atoms with van der Waals surface area (Å²) < 4.78 is 5.26. The number of urea groups is 1. The SMILES string of the molecule is COc1ccccc1CNC(=O)NC[C@H](C)N(C)C1CC1. The maximum atomic E-state index is 11.8. The quantitative estimate of drug-likeness (QED) is 0.807. The van der Waals surface area contributed by atoms with E-state index in [0.29, 0.717) is 25.2 Å². The number of methoxy groups -OCH3 is 1. The molecule has 1 aromatic rings. The normalized spacial score (nSPS) is 15.6. The molecule has 0 heterocycles. The largest absolute Gasteiger partial charge is 0.496 e. The number of hydrogen-bond donors (Lipinski definition) is 2. The van der Waals surface area contributed by atoms with Gasteiger partial charge in [0.2, 0.25) is 0 Å². The molecule has 0 aromatic heterocycles. The molecule has 1 aromatic carbocycles. The summed E-state index contributed by atoms with van der Waals surface area (Å²) in [5.41, 5.74) is 0.971. The Hall–Kier alpha value is -1.75. The average molecular weight is 291 g/mol. The number of carbonyl (C=O) groups is 1. The van der Waals surface area contributed by atoms with Gasteiger partial charge < -0.3 is 15.4 Å². The van der Waals surface area contributed by atoms with Crippen LogP contribution in [0.5, 0.6) is 5.75 Å². The number of para-hydroxylation sites is 1. The van der Waals surface area contributed by atoms with Gasteiger partial charge in [-0.2, -0.15) is 0 Å². The number of rotatable bonds is 7. The molecule has 21 heavy (non-hydrogen) atoms. The van der Waals surface area contributed by atoms with Crippen LogP contribution in [0.2, 0.25) is 0 Å². The maximum absolute atomic E-state index is 11.8. The summed E-state index contributed by atoms with van der Waals surface area (Å²) in [5, 5.41) is 5.79. The van der Waals surface area contributed by atoms with Crippen LogP contribution in [0.1, 0.15) is 25.3 Å². The second-order valence-electron chi connectivity index (χ2n) is 5.62. The molecule has 1 aliphatic rings. The fraction of sp³-hybridized carbons (Fsp3) is 0.562. The van der Waals surface area contributed by atoms with Crippen molar-refractivity contribution in [2.75, 3.05) is 20.7 Å². The summed E-state index contributed by atoms with van der Waals surface area (Å²) in [5.74, 6) is 0.791. The fourth-order valence-corrected chi connectivity index (χ4v) is 2.31. The first-order valence-electron chi connectivity index (χ1n) is 7.47. The molecule has 2 rings (SSSR count). The molecule has 116 valence electrons. The summed E-state index contributed by atoms with van der Waals surface area (Å²) in [6.45, 7) is 3.26. The lowest BCUT2D eigenvalue weighted by Crippen LogP contribution is -2.44. The number of ether oxygens (including phenoxy) is 1. The van der Waals surface area contributed by atoms with Gasteiger partial charge in [-0.25, -0.2) is 4.79 Å². The molecule has 5 nitrogen and oxygen atoms in total. The lowest BCUT2D eigenvalue weighted by Gasteiger charge is -2.24. The van der Waals surface area contributed by atoms with E-state index in [-0.39, 0.29) is 6.03 Å². The van der Waals surface area contributed by atoms with Gasteiger partial charge in [0.15, 0.2) is 0 Å². The van der Waals surface area contributed by atoms with Crippen molar-refractivity contribution in [2.24, 2.45) is 0 Å². The molecule has 0 radical (unpaired) electrons. The molecular weight excluding hydrogens is 266 g/mol. The smallest absolute Gasteiger partial charge is 0.315 e. The van der Waals surface area contributed by atoms with Gasteiger partial charge >= 0.3 is 6.03 Å². The third-order valence-corrected chi connectivity index (χ3v) is 4.01. The van der Waals surface area contributed by atoms with Gasteiger partial charge in [0, 0.05) is 30.7 Å². The van der Waals surface area contributed by atoms with E-state index in [1.807, 2.05) is 24.3 Å². The predicted molar refractivity (Wildman–Crippen MR) is 83.5 cm³/mol. The molecule has 0 unspecified atom stereocenters. The van der Waals surface area contributed by atoms with Crippen molar-refractivity contribution in [3.8, 4) is 5.75 Å². The molecular formula is C16H25N3O2. The third-order valence-electron chi connectivity index (χ3n) is 4.01. The first-order chi connectivity index (χ1) is 10.1. The van der Waals surface area contributed by atoms with Crippen LogP contribution in [0, 0.1) is 0 Å². The highest BCUT2D eigenvalue weighted by atomic mass is 16.5. The monoisotopic (exact) mass is 291 g/mol. The summed E-state index contributed by atoms with van der Waals surface area (Å²) in [6, 6.07) is 8.61. The molecule has 0 bridgehead atoms. The van der Waals surface area contributed by atoms with Gasteiger partial charge in [-0.05, 0) is 32.9 Å². The molecule has 2 amide bonds. The predicted octanol–water partition coefficient (Wildman–Crippen LogP) is 1.98. The first-order valence-corrected chi connectivity index (χ1v) is 7.47. The molecule has 2 N–H and O–H groups in total. The van der Waals surface area contributed by atoms with Gasteiger partial charge in [0.25, 0.3) is 0 Å². The van der Waals surface area contributed by atoms with Crippen molar-refractivity contribution in [2.45, 2.75) is 38.4 Å². The number of amides is 2. The van der Waals surface area contributed by atoms with Gasteiger partial charge in [-0.15, -0.1) is 0 Å². The van der Waals surface area contributed by atoms with E-state index in [1.54, 1.807) is 7.11 Å². The number of carbonyl (C=O) groups excluding carboxylic acids is 1. The minimum atomic E-state index is -0.142. The van der Waals surface area contributed by atoms with E-state index in [0.717, 1.165) is 11.3 Å². The zero-order valence-corrected chi connectivity index (χ0v) is 13.1. The molecule has 1 atom stereocenters. The van der Waals surface area contributed by atoms with Crippen LogP contribution in [-0.4, -0.2) is 43.7 Å². The Labute approximate surface area is 126 Å². The highest BCUT2D eigenvalue weighted by molar-refractivity contribution is 5.73. The Morgan fingerprint density at radius 2 is 2.10 bits per heavy atom. The van der Waals surface area contributed by atoms with Gasteiger partial charge in [0.1, 0.15) is 5.75 Å². The number of nitrogens with zero attached hydrogens (tertiary/aromatic N) is 1. The zero-order valence-electron chi connectivity index (χ0n) is 13.1. The summed E-state index contributed by atoms with van der Waals surface area (Å²) in [4.78, 5) is 14.2. The molecule has 0 spiro atoms. The Morgan fingerprint density at radius 3 is 2.76 bits per heavy atom. The van der Waals surface area contributed by atoms with Crippen LogP contribution in [-0.2, 0) is 6.54 Å².